The molecule has 12 aromatic rings. The number of nitrogens with zero attached hydrogens (tertiary/aromatic N) is 3. The first-order valence-corrected chi connectivity index (χ1v) is 20.6. The summed E-state index contributed by atoms with van der Waals surface area (Å²) in [7, 11) is 0. The number of aromatic nitrogens is 3. The van der Waals surface area contributed by atoms with E-state index in [1.54, 1.807) is 0 Å². The number of furan rings is 1. The number of hydrogen-bond donors (Lipinski definition) is 0. The van der Waals surface area contributed by atoms with Gasteiger partial charge in [0.15, 0.2) is 17.5 Å². The van der Waals surface area contributed by atoms with Gasteiger partial charge < -0.3 is 4.42 Å². The SMILES string of the molecule is c1ccc(-c2cc(-c3nc(-c4ccc(-c5ccc6c(c5)oc5ccccc56)cc4)nc(-c4ccc5cc(-c6ccc7ccccc7c6)ccc5c4)n3)cc3ccccc23)cc1. The highest BCUT2D eigenvalue weighted by molar-refractivity contribution is 6.06. The lowest BCUT2D eigenvalue weighted by Gasteiger charge is -2.13. The Morgan fingerprint density at radius 3 is 1.49 bits per heavy atom. The minimum absolute atomic E-state index is 0.612. The van der Waals surface area contributed by atoms with Crippen molar-refractivity contribution in [3.05, 3.63) is 212 Å². The zero-order valence-corrected chi connectivity index (χ0v) is 33.0. The fourth-order valence-electron chi connectivity index (χ4n) is 8.71. The molecule has 0 saturated heterocycles. The van der Waals surface area contributed by atoms with Crippen LogP contribution in [0.1, 0.15) is 0 Å². The van der Waals surface area contributed by atoms with Crippen LogP contribution in [-0.4, -0.2) is 15.0 Å². The molecule has 0 amide bonds. The van der Waals surface area contributed by atoms with Gasteiger partial charge in [0.2, 0.25) is 0 Å². The van der Waals surface area contributed by atoms with Crippen molar-refractivity contribution in [3.8, 4) is 67.5 Å². The van der Waals surface area contributed by atoms with Gasteiger partial charge >= 0.3 is 0 Å². The number of hydrogen-bond acceptors (Lipinski definition) is 4. The molecule has 0 spiro atoms. The van der Waals surface area contributed by atoms with Crippen LogP contribution in [0.5, 0.6) is 0 Å². The standard InChI is InChI=1S/C57H35N3O/c1-2-11-38(12-3-1)52-34-48(33-46-14-6-7-15-49(46)52)57-59-55(39-21-18-37(19-22-39)45-28-29-51-50-16-8-9-17-53(50)61-54(51)35-45)58-56(60-57)47-27-26-43-31-42(24-25-44(43)32-47)41-23-20-36-10-4-5-13-40(36)30-41/h1-35H. The minimum Gasteiger partial charge on any atom is -0.456 e. The maximum atomic E-state index is 6.22. The summed E-state index contributed by atoms with van der Waals surface area (Å²) in [6.07, 6.45) is 0. The summed E-state index contributed by atoms with van der Waals surface area (Å²) in [4.78, 5) is 15.6. The van der Waals surface area contributed by atoms with Gasteiger partial charge in [0.05, 0.1) is 0 Å². The molecule has 0 fully saturated rings. The first-order chi connectivity index (χ1) is 30.2. The molecule has 4 nitrogen and oxygen atoms in total. The van der Waals surface area contributed by atoms with Gasteiger partial charge in [-0.2, -0.15) is 0 Å². The van der Waals surface area contributed by atoms with Gasteiger partial charge in [0, 0.05) is 27.5 Å². The van der Waals surface area contributed by atoms with E-state index in [2.05, 4.69) is 194 Å². The zero-order valence-electron chi connectivity index (χ0n) is 33.0. The highest BCUT2D eigenvalue weighted by Gasteiger charge is 2.16. The summed E-state index contributed by atoms with van der Waals surface area (Å²) in [5.41, 5.74) is 11.4. The summed E-state index contributed by atoms with van der Waals surface area (Å²) in [5.74, 6) is 1.85. The first-order valence-electron chi connectivity index (χ1n) is 20.6. The number of para-hydroxylation sites is 1. The van der Waals surface area contributed by atoms with Gasteiger partial charge in [-0.05, 0) is 114 Å². The van der Waals surface area contributed by atoms with Crippen molar-refractivity contribution < 1.29 is 4.42 Å². The summed E-state index contributed by atoms with van der Waals surface area (Å²) in [6.45, 7) is 0. The van der Waals surface area contributed by atoms with Crippen LogP contribution in [0.3, 0.4) is 0 Å². The third-order valence-corrected chi connectivity index (χ3v) is 11.9. The third-order valence-electron chi connectivity index (χ3n) is 11.9. The average molecular weight is 778 g/mol. The third kappa shape index (κ3) is 6.30. The van der Waals surface area contributed by atoms with E-state index in [-0.39, 0.29) is 0 Å². The Morgan fingerprint density at radius 2 is 0.721 bits per heavy atom. The number of rotatable bonds is 6. The Balaban J connectivity index is 0.970. The molecule has 0 radical (unpaired) electrons. The summed E-state index contributed by atoms with van der Waals surface area (Å²) < 4.78 is 6.22. The molecule has 2 aromatic heterocycles. The molecule has 12 rings (SSSR count). The smallest absolute Gasteiger partial charge is 0.164 e. The second kappa shape index (κ2) is 14.3. The highest BCUT2D eigenvalue weighted by atomic mass is 16.3. The van der Waals surface area contributed by atoms with E-state index in [1.807, 2.05) is 18.2 Å². The highest BCUT2D eigenvalue weighted by Crippen LogP contribution is 2.37. The van der Waals surface area contributed by atoms with Crippen LogP contribution < -0.4 is 0 Å². The molecule has 61 heavy (non-hydrogen) atoms. The van der Waals surface area contributed by atoms with Gasteiger partial charge in [-0.15, -0.1) is 0 Å². The first kappa shape index (κ1) is 34.8. The van der Waals surface area contributed by atoms with Gasteiger partial charge in [-0.25, -0.2) is 15.0 Å². The Kier molecular flexibility index (Phi) is 8.13. The van der Waals surface area contributed by atoms with E-state index in [0.29, 0.717) is 17.5 Å². The Labute approximate surface area is 352 Å². The van der Waals surface area contributed by atoms with Crippen LogP contribution in [0, 0.1) is 0 Å². The van der Waals surface area contributed by atoms with Crippen molar-refractivity contribution >= 4 is 54.3 Å². The summed E-state index contributed by atoms with van der Waals surface area (Å²) in [6, 6.07) is 74.8. The molecule has 0 aliphatic heterocycles. The Bertz CT molecular complexity index is 3650. The van der Waals surface area contributed by atoms with Crippen LogP contribution in [0.15, 0.2) is 217 Å². The van der Waals surface area contributed by atoms with E-state index in [4.69, 9.17) is 19.4 Å². The van der Waals surface area contributed by atoms with Crippen LogP contribution >= 0.6 is 0 Å². The fraction of sp³-hybridized carbons (Fsp3) is 0. The maximum Gasteiger partial charge on any atom is 0.164 e. The van der Waals surface area contributed by atoms with Crippen molar-refractivity contribution in [2.75, 3.05) is 0 Å². The molecule has 2 heterocycles. The quantitative estimate of drug-likeness (QED) is 0.169. The molecule has 0 aliphatic rings. The number of benzene rings is 10. The number of fused-ring (bicyclic) bond motifs is 6. The molecule has 4 heteroatoms. The summed E-state index contributed by atoms with van der Waals surface area (Å²) in [5, 5.41) is 9.30. The molecular weight excluding hydrogens is 743 g/mol. The van der Waals surface area contributed by atoms with Crippen molar-refractivity contribution in [2.24, 2.45) is 0 Å². The lowest BCUT2D eigenvalue weighted by molar-refractivity contribution is 0.669. The lowest BCUT2D eigenvalue weighted by Crippen LogP contribution is -2.00. The van der Waals surface area contributed by atoms with E-state index < -0.39 is 0 Å². The normalized spacial score (nSPS) is 11.6. The molecule has 0 unspecified atom stereocenters. The van der Waals surface area contributed by atoms with Crippen molar-refractivity contribution in [2.45, 2.75) is 0 Å². The van der Waals surface area contributed by atoms with Gasteiger partial charge in [0.1, 0.15) is 11.2 Å². The molecule has 0 aliphatic carbocycles. The maximum absolute atomic E-state index is 6.22. The van der Waals surface area contributed by atoms with Gasteiger partial charge in [-0.3, -0.25) is 0 Å². The fourth-order valence-corrected chi connectivity index (χ4v) is 8.71. The van der Waals surface area contributed by atoms with Crippen molar-refractivity contribution in [1.29, 1.82) is 0 Å². The minimum atomic E-state index is 0.612. The predicted molar refractivity (Wildman–Crippen MR) is 252 cm³/mol. The Hall–Kier alpha value is -8.21. The average Bonchev–Trinajstić information content (AvgIpc) is 3.71. The largest absolute Gasteiger partial charge is 0.456 e. The van der Waals surface area contributed by atoms with E-state index in [9.17, 15) is 0 Å². The molecular formula is C57H35N3O. The van der Waals surface area contributed by atoms with E-state index in [1.165, 1.54) is 27.3 Å². The molecule has 0 saturated carbocycles. The van der Waals surface area contributed by atoms with Crippen molar-refractivity contribution in [3.63, 3.8) is 0 Å². The zero-order chi connectivity index (χ0) is 40.3. The van der Waals surface area contributed by atoms with Crippen LogP contribution in [0.4, 0.5) is 0 Å². The van der Waals surface area contributed by atoms with Crippen molar-refractivity contribution in [1.82, 2.24) is 15.0 Å². The monoisotopic (exact) mass is 777 g/mol. The molecule has 0 bridgehead atoms. The summed E-state index contributed by atoms with van der Waals surface area (Å²) >= 11 is 0. The van der Waals surface area contributed by atoms with Crippen LogP contribution in [0.2, 0.25) is 0 Å². The lowest BCUT2D eigenvalue weighted by atomic mass is 9.95. The van der Waals surface area contributed by atoms with Gasteiger partial charge in [-0.1, -0.05) is 164 Å². The van der Waals surface area contributed by atoms with Gasteiger partial charge in [0.25, 0.3) is 0 Å². The molecule has 0 atom stereocenters. The second-order valence-electron chi connectivity index (χ2n) is 15.6. The van der Waals surface area contributed by atoms with Crippen LogP contribution in [-0.2, 0) is 0 Å². The Morgan fingerprint density at radius 1 is 0.246 bits per heavy atom. The molecule has 284 valence electrons. The molecule has 0 N–H and O–H groups in total. The van der Waals surface area contributed by atoms with Crippen LogP contribution in [0.25, 0.3) is 122 Å². The molecule has 10 aromatic carbocycles. The van der Waals surface area contributed by atoms with E-state index in [0.717, 1.165) is 77.0 Å². The second-order valence-corrected chi connectivity index (χ2v) is 15.6. The predicted octanol–water partition coefficient (Wildman–Crippen LogP) is 15.2. The van der Waals surface area contributed by atoms with E-state index >= 15 is 0 Å². The topological polar surface area (TPSA) is 51.8 Å².